The lowest BCUT2D eigenvalue weighted by atomic mass is 10.1. The molecule has 2 aromatic carbocycles. The van der Waals surface area contributed by atoms with Gasteiger partial charge in [-0.1, -0.05) is 36.7 Å². The van der Waals surface area contributed by atoms with Crippen molar-refractivity contribution < 1.29 is 17.9 Å². The zero-order chi connectivity index (χ0) is 20.9. The lowest BCUT2D eigenvalue weighted by Crippen LogP contribution is -2.49. The fourth-order valence-electron chi connectivity index (χ4n) is 2.99. The molecule has 0 fully saturated rings. The van der Waals surface area contributed by atoms with Gasteiger partial charge < -0.3 is 9.64 Å². The number of anilines is 1. The largest absolute Gasteiger partial charge is 0.497 e. The molecule has 0 heterocycles. The van der Waals surface area contributed by atoms with Crippen molar-refractivity contribution in [3.05, 3.63) is 59.1 Å². The second kappa shape index (κ2) is 9.30. The standard InChI is InChI=1S/C20H25ClN2O4S/c1-5-19(23(28(4,25)26)17-8-6-7-16(21)13-17)20(24)22(2)14-15-9-11-18(27-3)12-10-15/h6-13,19H,5,14H2,1-4H3/t19-/m1/s1. The molecule has 0 aromatic heterocycles. The predicted molar refractivity (Wildman–Crippen MR) is 112 cm³/mol. The molecular weight excluding hydrogens is 400 g/mol. The molecule has 6 nitrogen and oxygen atoms in total. The third-order valence-corrected chi connectivity index (χ3v) is 5.74. The zero-order valence-corrected chi connectivity index (χ0v) is 18.0. The number of benzene rings is 2. The lowest BCUT2D eigenvalue weighted by Gasteiger charge is -2.33. The molecule has 0 spiro atoms. The number of carbonyl (C=O) groups is 1. The van der Waals surface area contributed by atoms with Gasteiger partial charge in [0.05, 0.1) is 19.1 Å². The van der Waals surface area contributed by atoms with E-state index in [0.717, 1.165) is 21.9 Å². The Morgan fingerprint density at radius 1 is 1.18 bits per heavy atom. The normalized spacial score (nSPS) is 12.3. The fourth-order valence-corrected chi connectivity index (χ4v) is 4.38. The number of ether oxygens (including phenoxy) is 1. The van der Waals surface area contributed by atoms with Crippen molar-refractivity contribution in [1.29, 1.82) is 0 Å². The average Bonchev–Trinajstić information content (AvgIpc) is 2.65. The third kappa shape index (κ3) is 5.39. The van der Waals surface area contributed by atoms with Crippen LogP contribution in [0.1, 0.15) is 18.9 Å². The first-order valence-electron chi connectivity index (χ1n) is 8.80. The van der Waals surface area contributed by atoms with Crippen LogP contribution in [-0.2, 0) is 21.4 Å². The minimum Gasteiger partial charge on any atom is -0.497 e. The molecule has 0 aliphatic heterocycles. The number of hydrogen-bond donors (Lipinski definition) is 0. The number of amides is 1. The van der Waals surface area contributed by atoms with Gasteiger partial charge >= 0.3 is 0 Å². The van der Waals surface area contributed by atoms with E-state index in [1.807, 2.05) is 24.3 Å². The highest BCUT2D eigenvalue weighted by Crippen LogP contribution is 2.26. The van der Waals surface area contributed by atoms with E-state index >= 15 is 0 Å². The predicted octanol–water partition coefficient (Wildman–Crippen LogP) is 3.55. The first-order valence-corrected chi connectivity index (χ1v) is 11.0. The zero-order valence-electron chi connectivity index (χ0n) is 16.4. The molecule has 0 radical (unpaired) electrons. The van der Waals surface area contributed by atoms with Crippen LogP contribution < -0.4 is 9.04 Å². The summed E-state index contributed by atoms with van der Waals surface area (Å²) >= 11 is 6.03. The highest BCUT2D eigenvalue weighted by Gasteiger charge is 2.33. The van der Waals surface area contributed by atoms with Crippen LogP contribution in [0.25, 0.3) is 0 Å². The summed E-state index contributed by atoms with van der Waals surface area (Å²) < 4.78 is 31.3. The monoisotopic (exact) mass is 424 g/mol. The Morgan fingerprint density at radius 3 is 2.32 bits per heavy atom. The summed E-state index contributed by atoms with van der Waals surface area (Å²) in [5, 5.41) is 0.403. The molecule has 8 heteroatoms. The number of sulfonamides is 1. The third-order valence-electron chi connectivity index (χ3n) is 4.33. The van der Waals surface area contributed by atoms with Crippen LogP contribution in [0, 0.1) is 0 Å². The summed E-state index contributed by atoms with van der Waals surface area (Å²) in [5.74, 6) is 0.442. The SMILES string of the molecule is CC[C@H](C(=O)N(C)Cc1ccc(OC)cc1)N(c1cccc(Cl)c1)S(C)(=O)=O. The van der Waals surface area contributed by atoms with Crippen molar-refractivity contribution in [1.82, 2.24) is 4.90 Å². The van der Waals surface area contributed by atoms with Crippen LogP contribution in [0.2, 0.25) is 5.02 Å². The molecule has 1 atom stereocenters. The van der Waals surface area contributed by atoms with Crippen LogP contribution in [0.3, 0.4) is 0 Å². The number of carbonyl (C=O) groups excluding carboxylic acids is 1. The van der Waals surface area contributed by atoms with Crippen LogP contribution in [0.4, 0.5) is 5.69 Å². The summed E-state index contributed by atoms with van der Waals surface area (Å²) in [4.78, 5) is 14.6. The second-order valence-corrected chi connectivity index (χ2v) is 8.80. The van der Waals surface area contributed by atoms with E-state index < -0.39 is 16.1 Å². The van der Waals surface area contributed by atoms with E-state index in [0.29, 0.717) is 23.7 Å². The van der Waals surface area contributed by atoms with Gasteiger partial charge in [-0.2, -0.15) is 0 Å². The maximum absolute atomic E-state index is 13.1. The minimum absolute atomic E-state index is 0.288. The van der Waals surface area contributed by atoms with Gasteiger partial charge in [0.1, 0.15) is 11.8 Å². The molecule has 0 bridgehead atoms. The summed E-state index contributed by atoms with van der Waals surface area (Å²) in [7, 11) is -0.446. The summed E-state index contributed by atoms with van der Waals surface area (Å²) in [6.07, 6.45) is 1.42. The van der Waals surface area contributed by atoms with Crippen LogP contribution in [0.15, 0.2) is 48.5 Å². The second-order valence-electron chi connectivity index (χ2n) is 6.51. The molecule has 2 rings (SSSR count). The molecule has 0 N–H and O–H groups in total. The van der Waals surface area contributed by atoms with E-state index in [9.17, 15) is 13.2 Å². The number of likely N-dealkylation sites (N-methyl/N-ethyl adjacent to an activating group) is 1. The van der Waals surface area contributed by atoms with Crippen molar-refractivity contribution in [2.24, 2.45) is 0 Å². The van der Waals surface area contributed by atoms with Gasteiger partial charge in [-0.15, -0.1) is 0 Å². The van der Waals surface area contributed by atoms with E-state index in [1.165, 1.54) is 4.90 Å². The van der Waals surface area contributed by atoms with Gasteiger partial charge in [0.15, 0.2) is 0 Å². The van der Waals surface area contributed by atoms with Gasteiger partial charge in [0.25, 0.3) is 0 Å². The molecule has 0 aliphatic rings. The van der Waals surface area contributed by atoms with Crippen LogP contribution >= 0.6 is 11.6 Å². The Bertz CT molecular complexity index is 916. The first-order chi connectivity index (χ1) is 13.2. The topological polar surface area (TPSA) is 66.9 Å². The van der Waals surface area contributed by atoms with E-state index in [4.69, 9.17) is 16.3 Å². The fraction of sp³-hybridized carbons (Fsp3) is 0.350. The van der Waals surface area contributed by atoms with Crippen molar-refractivity contribution in [2.75, 3.05) is 24.7 Å². The Kier molecular flexibility index (Phi) is 7.32. The molecule has 1 amide bonds. The quantitative estimate of drug-likeness (QED) is 0.649. The van der Waals surface area contributed by atoms with E-state index in [1.54, 1.807) is 45.3 Å². The molecular formula is C20H25ClN2O4S. The maximum Gasteiger partial charge on any atom is 0.246 e. The van der Waals surface area contributed by atoms with Gasteiger partial charge in [-0.25, -0.2) is 8.42 Å². The number of nitrogens with zero attached hydrogens (tertiary/aromatic N) is 2. The lowest BCUT2D eigenvalue weighted by molar-refractivity contribution is -0.131. The first kappa shape index (κ1) is 22.0. The highest BCUT2D eigenvalue weighted by molar-refractivity contribution is 7.92. The highest BCUT2D eigenvalue weighted by atomic mass is 35.5. The Morgan fingerprint density at radius 2 is 1.82 bits per heavy atom. The van der Waals surface area contributed by atoms with Gasteiger partial charge in [-0.05, 0) is 42.3 Å². The van der Waals surface area contributed by atoms with Crippen molar-refractivity contribution in [3.8, 4) is 5.75 Å². The smallest absolute Gasteiger partial charge is 0.246 e. The molecule has 2 aromatic rings. The number of hydrogen-bond acceptors (Lipinski definition) is 4. The molecule has 152 valence electrons. The molecule has 0 saturated carbocycles. The van der Waals surface area contributed by atoms with Crippen LogP contribution in [-0.4, -0.2) is 45.7 Å². The number of methoxy groups -OCH3 is 1. The van der Waals surface area contributed by atoms with Crippen molar-refractivity contribution >= 4 is 33.2 Å². The molecule has 0 saturated heterocycles. The Labute approximate surface area is 171 Å². The minimum atomic E-state index is -3.70. The summed E-state index contributed by atoms with van der Waals surface area (Å²) in [6, 6.07) is 13.0. The summed E-state index contributed by atoms with van der Waals surface area (Å²) in [5.41, 5.74) is 1.29. The van der Waals surface area contributed by atoms with Gasteiger partial charge in [0.2, 0.25) is 15.9 Å². The molecule has 0 aliphatic carbocycles. The number of rotatable bonds is 8. The van der Waals surface area contributed by atoms with E-state index in [2.05, 4.69) is 0 Å². The Hall–Kier alpha value is -2.25. The van der Waals surface area contributed by atoms with Gasteiger partial charge in [-0.3, -0.25) is 9.10 Å². The maximum atomic E-state index is 13.1. The van der Waals surface area contributed by atoms with Gasteiger partial charge in [0, 0.05) is 18.6 Å². The average molecular weight is 425 g/mol. The number of halogens is 1. The van der Waals surface area contributed by atoms with E-state index in [-0.39, 0.29) is 5.91 Å². The van der Waals surface area contributed by atoms with Crippen LogP contribution in [0.5, 0.6) is 5.75 Å². The molecule has 0 unspecified atom stereocenters. The molecule has 28 heavy (non-hydrogen) atoms. The summed E-state index contributed by atoms with van der Waals surface area (Å²) in [6.45, 7) is 2.14. The Balaban J connectivity index is 2.29. The van der Waals surface area contributed by atoms with Crippen molar-refractivity contribution in [2.45, 2.75) is 25.9 Å². The van der Waals surface area contributed by atoms with Crippen molar-refractivity contribution in [3.63, 3.8) is 0 Å².